The number of hydrogen-bond donors (Lipinski definition) is 2. The second kappa shape index (κ2) is 5.93. The fraction of sp³-hybridized carbons (Fsp3) is 0.500. The van der Waals surface area contributed by atoms with Gasteiger partial charge in [0.05, 0.1) is 12.2 Å². The summed E-state index contributed by atoms with van der Waals surface area (Å²) in [7, 11) is 0. The number of anilines is 1. The maximum Gasteiger partial charge on any atom is 0.416 e. The highest BCUT2D eigenvalue weighted by molar-refractivity contribution is 5.90. The fourth-order valence-electron chi connectivity index (χ4n) is 2.06. The predicted molar refractivity (Wildman–Crippen MR) is 72.0 cm³/mol. The monoisotopic (exact) mass is 302 g/mol. The van der Waals surface area contributed by atoms with E-state index in [4.69, 9.17) is 5.11 Å². The smallest absolute Gasteiger partial charge is 0.395 e. The third kappa shape index (κ3) is 3.87. The lowest BCUT2D eigenvalue weighted by Gasteiger charge is -2.22. The van der Waals surface area contributed by atoms with E-state index in [0.717, 1.165) is 25.0 Å². The molecule has 7 heteroatoms. The maximum atomic E-state index is 12.7. The van der Waals surface area contributed by atoms with Crippen LogP contribution in [-0.4, -0.2) is 35.2 Å². The van der Waals surface area contributed by atoms with Gasteiger partial charge in [0, 0.05) is 18.3 Å². The summed E-state index contributed by atoms with van der Waals surface area (Å²) < 4.78 is 38.1. The first kappa shape index (κ1) is 15.6. The number of aliphatic hydroxyl groups is 1. The Bertz CT molecular complexity index is 527. The van der Waals surface area contributed by atoms with E-state index in [1.54, 1.807) is 6.92 Å². The lowest BCUT2D eigenvalue weighted by atomic mass is 10.1. The van der Waals surface area contributed by atoms with Crippen LogP contribution in [0.5, 0.6) is 0 Å². The molecule has 0 bridgehead atoms. The van der Waals surface area contributed by atoms with Gasteiger partial charge < -0.3 is 15.3 Å². The SMILES string of the molecule is Cc1ccc(C(F)(F)F)cc1NC(=O)N(CCO)C1CC1. The first-order chi connectivity index (χ1) is 9.82. The van der Waals surface area contributed by atoms with Crippen molar-refractivity contribution in [1.29, 1.82) is 0 Å². The Morgan fingerprint density at radius 2 is 2.10 bits per heavy atom. The van der Waals surface area contributed by atoms with Crippen molar-refractivity contribution in [3.63, 3.8) is 0 Å². The molecule has 2 rings (SSSR count). The van der Waals surface area contributed by atoms with Crippen molar-refractivity contribution in [1.82, 2.24) is 4.90 Å². The van der Waals surface area contributed by atoms with Gasteiger partial charge in [0.2, 0.25) is 0 Å². The van der Waals surface area contributed by atoms with Gasteiger partial charge in [-0.05, 0) is 37.5 Å². The van der Waals surface area contributed by atoms with E-state index in [-0.39, 0.29) is 24.9 Å². The predicted octanol–water partition coefficient (Wildman–Crippen LogP) is 3.00. The van der Waals surface area contributed by atoms with E-state index in [9.17, 15) is 18.0 Å². The van der Waals surface area contributed by atoms with E-state index in [2.05, 4.69) is 5.32 Å². The number of benzene rings is 1. The van der Waals surface area contributed by atoms with Gasteiger partial charge in [-0.1, -0.05) is 6.07 Å². The third-order valence-corrected chi connectivity index (χ3v) is 3.40. The fourth-order valence-corrected chi connectivity index (χ4v) is 2.06. The number of amides is 2. The minimum Gasteiger partial charge on any atom is -0.395 e. The maximum absolute atomic E-state index is 12.7. The summed E-state index contributed by atoms with van der Waals surface area (Å²) in [6, 6.07) is 2.83. The second-order valence-corrected chi connectivity index (χ2v) is 5.11. The molecule has 1 aliphatic rings. The number of rotatable bonds is 4. The Kier molecular flexibility index (Phi) is 4.41. The van der Waals surface area contributed by atoms with E-state index in [1.807, 2.05) is 0 Å². The summed E-state index contributed by atoms with van der Waals surface area (Å²) in [5.74, 6) is 0. The Labute approximate surface area is 120 Å². The number of aryl methyl sites for hydroxylation is 1. The van der Waals surface area contributed by atoms with Crippen LogP contribution in [0.15, 0.2) is 18.2 Å². The van der Waals surface area contributed by atoms with Crippen molar-refractivity contribution >= 4 is 11.7 Å². The highest BCUT2D eigenvalue weighted by atomic mass is 19.4. The number of urea groups is 1. The number of alkyl halides is 3. The Hall–Kier alpha value is -1.76. The average molecular weight is 302 g/mol. The summed E-state index contributed by atoms with van der Waals surface area (Å²) in [6.45, 7) is 1.63. The molecule has 4 nitrogen and oxygen atoms in total. The molecule has 0 aromatic heterocycles. The molecule has 0 radical (unpaired) electrons. The second-order valence-electron chi connectivity index (χ2n) is 5.11. The molecular formula is C14H17F3N2O2. The lowest BCUT2D eigenvalue weighted by molar-refractivity contribution is -0.137. The molecular weight excluding hydrogens is 285 g/mol. The van der Waals surface area contributed by atoms with Crippen molar-refractivity contribution in [3.05, 3.63) is 29.3 Å². The van der Waals surface area contributed by atoms with Gasteiger partial charge in [-0.2, -0.15) is 13.2 Å². The number of nitrogens with zero attached hydrogens (tertiary/aromatic N) is 1. The van der Waals surface area contributed by atoms with Crippen LogP contribution in [0.2, 0.25) is 0 Å². The Morgan fingerprint density at radius 1 is 1.43 bits per heavy atom. The average Bonchev–Trinajstić information content (AvgIpc) is 3.21. The molecule has 1 aliphatic carbocycles. The molecule has 1 saturated carbocycles. The highest BCUT2D eigenvalue weighted by Gasteiger charge is 2.33. The van der Waals surface area contributed by atoms with Gasteiger partial charge in [0.25, 0.3) is 0 Å². The zero-order valence-electron chi connectivity index (χ0n) is 11.6. The molecule has 1 fully saturated rings. The molecule has 2 N–H and O–H groups in total. The normalized spacial score (nSPS) is 14.9. The summed E-state index contributed by atoms with van der Waals surface area (Å²) >= 11 is 0. The summed E-state index contributed by atoms with van der Waals surface area (Å²) in [5.41, 5.74) is -0.113. The van der Waals surface area contributed by atoms with E-state index in [0.29, 0.717) is 5.56 Å². The van der Waals surface area contributed by atoms with Crippen LogP contribution in [0.3, 0.4) is 0 Å². The summed E-state index contributed by atoms with van der Waals surface area (Å²) in [6.07, 6.45) is -2.74. The molecule has 1 aromatic carbocycles. The van der Waals surface area contributed by atoms with Crippen LogP contribution in [0.4, 0.5) is 23.7 Å². The van der Waals surface area contributed by atoms with E-state index < -0.39 is 17.8 Å². The van der Waals surface area contributed by atoms with Crippen LogP contribution in [0.25, 0.3) is 0 Å². The largest absolute Gasteiger partial charge is 0.416 e. The third-order valence-electron chi connectivity index (χ3n) is 3.40. The number of carbonyl (C=O) groups is 1. The van der Waals surface area contributed by atoms with Crippen LogP contribution < -0.4 is 5.32 Å². The van der Waals surface area contributed by atoms with Crippen molar-refractivity contribution in [3.8, 4) is 0 Å². The minimum absolute atomic E-state index is 0.0725. The molecule has 1 aromatic rings. The van der Waals surface area contributed by atoms with Gasteiger partial charge in [-0.3, -0.25) is 0 Å². The molecule has 0 saturated heterocycles. The lowest BCUT2D eigenvalue weighted by Crippen LogP contribution is -2.38. The zero-order chi connectivity index (χ0) is 15.6. The van der Waals surface area contributed by atoms with Gasteiger partial charge >= 0.3 is 12.2 Å². The molecule has 21 heavy (non-hydrogen) atoms. The standard InChI is InChI=1S/C14H17F3N2O2/c1-9-2-3-10(14(15,16)17)8-12(9)18-13(21)19(6-7-20)11-4-5-11/h2-3,8,11,20H,4-7H2,1H3,(H,18,21). The van der Waals surface area contributed by atoms with Crippen molar-refractivity contribution < 1.29 is 23.1 Å². The number of halogens is 3. The molecule has 0 heterocycles. The van der Waals surface area contributed by atoms with Gasteiger partial charge in [0.1, 0.15) is 0 Å². The number of aliphatic hydroxyl groups excluding tert-OH is 1. The van der Waals surface area contributed by atoms with Crippen molar-refractivity contribution in [2.24, 2.45) is 0 Å². The van der Waals surface area contributed by atoms with Gasteiger partial charge in [0.15, 0.2) is 0 Å². The quantitative estimate of drug-likeness (QED) is 0.898. The summed E-state index contributed by atoms with van der Waals surface area (Å²) in [4.78, 5) is 13.6. The van der Waals surface area contributed by atoms with Crippen molar-refractivity contribution in [2.45, 2.75) is 32.0 Å². The number of hydrogen-bond acceptors (Lipinski definition) is 2. The highest BCUT2D eigenvalue weighted by Crippen LogP contribution is 2.32. The zero-order valence-corrected chi connectivity index (χ0v) is 11.6. The molecule has 2 amide bonds. The van der Waals surface area contributed by atoms with Gasteiger partial charge in [-0.25, -0.2) is 4.79 Å². The van der Waals surface area contributed by atoms with Crippen molar-refractivity contribution in [2.75, 3.05) is 18.5 Å². The van der Waals surface area contributed by atoms with Crippen LogP contribution >= 0.6 is 0 Å². The number of carbonyl (C=O) groups excluding carboxylic acids is 1. The number of nitrogens with one attached hydrogen (secondary N) is 1. The van der Waals surface area contributed by atoms with E-state index in [1.165, 1.54) is 11.0 Å². The van der Waals surface area contributed by atoms with Crippen LogP contribution in [0, 0.1) is 6.92 Å². The molecule has 0 aliphatic heterocycles. The van der Waals surface area contributed by atoms with Crippen LogP contribution in [-0.2, 0) is 6.18 Å². The molecule has 0 unspecified atom stereocenters. The Morgan fingerprint density at radius 3 is 2.62 bits per heavy atom. The first-order valence-electron chi connectivity index (χ1n) is 6.69. The summed E-state index contributed by atoms with van der Waals surface area (Å²) in [5, 5.41) is 11.5. The first-order valence-corrected chi connectivity index (χ1v) is 6.69. The van der Waals surface area contributed by atoms with E-state index >= 15 is 0 Å². The van der Waals surface area contributed by atoms with Crippen LogP contribution in [0.1, 0.15) is 24.0 Å². The minimum atomic E-state index is -4.45. The topological polar surface area (TPSA) is 52.6 Å². The molecule has 0 spiro atoms. The molecule has 0 atom stereocenters. The van der Waals surface area contributed by atoms with Gasteiger partial charge in [-0.15, -0.1) is 0 Å². The molecule has 116 valence electrons. The Balaban J connectivity index is 2.16.